The Hall–Kier alpha value is -2.51. The number of rotatable bonds is 3. The summed E-state index contributed by atoms with van der Waals surface area (Å²) in [6, 6.07) is 10.8. The second-order valence-corrected chi connectivity index (χ2v) is 6.44. The molecule has 29 heavy (non-hydrogen) atoms. The molecule has 2 aromatic carbocycles. The Morgan fingerprint density at radius 1 is 1.31 bits per heavy atom. The number of anilines is 1. The first-order valence-electron chi connectivity index (χ1n) is 8.18. The summed E-state index contributed by atoms with van der Waals surface area (Å²) in [7, 11) is 0. The van der Waals surface area contributed by atoms with Gasteiger partial charge >= 0.3 is 11.8 Å². The fourth-order valence-electron chi connectivity index (χ4n) is 2.96. The number of amides is 2. The van der Waals surface area contributed by atoms with Crippen molar-refractivity contribution in [2.24, 2.45) is 10.7 Å². The average Bonchev–Trinajstić information content (AvgIpc) is 3.01. The fraction of sp³-hybridized carbons (Fsp3) is 0.167. The van der Waals surface area contributed by atoms with Crippen LogP contribution in [-0.4, -0.2) is 29.0 Å². The van der Waals surface area contributed by atoms with Crippen molar-refractivity contribution in [2.45, 2.75) is 18.5 Å². The molecule has 0 aromatic heterocycles. The Morgan fingerprint density at radius 3 is 2.76 bits per heavy atom. The van der Waals surface area contributed by atoms with Gasteiger partial charge < -0.3 is 16.4 Å². The molecule has 0 fully saturated rings. The SMILES string of the molecule is NC(=N[C@H]1Cc2[c-]cccc2[C@@H]1NC(=O)C(=O)Nc1ccc(Cl)c(F)c1)NO.[Re]. The Kier molecular flexibility index (Phi) is 7.70. The van der Waals surface area contributed by atoms with Crippen LogP contribution in [0, 0.1) is 11.9 Å². The van der Waals surface area contributed by atoms with E-state index in [-0.39, 0.29) is 37.1 Å². The van der Waals surface area contributed by atoms with Crippen molar-refractivity contribution >= 4 is 35.1 Å². The molecule has 1 aliphatic rings. The molecule has 3 rings (SSSR count). The standard InChI is InChI=1S/C18H16ClFN5O3.Re/c19-12-6-5-10(8-13(12)20)22-16(26)17(27)24-15-11-4-2-1-3-9(11)7-14(15)23-18(21)25-28;/h1-2,4-6,8,14-15,28H,7H2,(H,22,26)(H,24,27)(H3,21,23,25);/q-1;/t14-,15-;/m0./s1. The number of benzene rings is 2. The Balaban J connectivity index is 0.00000300. The van der Waals surface area contributed by atoms with E-state index in [0.717, 1.165) is 17.2 Å². The minimum absolute atomic E-state index is 0. The van der Waals surface area contributed by atoms with E-state index < -0.39 is 29.7 Å². The molecule has 0 bridgehead atoms. The van der Waals surface area contributed by atoms with Gasteiger partial charge in [0, 0.05) is 32.2 Å². The number of hydroxylamine groups is 1. The van der Waals surface area contributed by atoms with Crippen LogP contribution in [0.3, 0.4) is 0 Å². The third-order valence-electron chi connectivity index (χ3n) is 4.20. The van der Waals surface area contributed by atoms with Crippen LogP contribution < -0.4 is 21.8 Å². The molecular formula is C18H16ClFN5O3Re-. The normalized spacial score (nSPS) is 17.7. The Labute approximate surface area is 184 Å². The van der Waals surface area contributed by atoms with Gasteiger partial charge in [-0.1, -0.05) is 11.6 Å². The molecule has 1 radical (unpaired) electrons. The van der Waals surface area contributed by atoms with Gasteiger partial charge in [-0.05, 0) is 24.6 Å². The predicted molar refractivity (Wildman–Crippen MR) is 100 cm³/mol. The number of hydrogen-bond acceptors (Lipinski definition) is 4. The van der Waals surface area contributed by atoms with E-state index in [2.05, 4.69) is 21.7 Å². The molecule has 0 unspecified atom stereocenters. The summed E-state index contributed by atoms with van der Waals surface area (Å²) in [5.74, 6) is -2.86. The number of guanidine groups is 1. The first-order chi connectivity index (χ1) is 13.4. The minimum atomic E-state index is -0.980. The number of hydrogen-bond donors (Lipinski definition) is 5. The number of fused-ring (bicyclic) bond motifs is 1. The van der Waals surface area contributed by atoms with Crippen LogP contribution in [0.5, 0.6) is 0 Å². The summed E-state index contributed by atoms with van der Waals surface area (Å²) in [5, 5.41) is 13.7. The van der Waals surface area contributed by atoms with Crippen molar-refractivity contribution in [1.82, 2.24) is 10.8 Å². The zero-order valence-corrected chi connectivity index (χ0v) is 18.2. The monoisotopic (exact) mass is 591 g/mol. The summed E-state index contributed by atoms with van der Waals surface area (Å²) in [6.45, 7) is 0. The summed E-state index contributed by atoms with van der Waals surface area (Å²) < 4.78 is 13.5. The third kappa shape index (κ3) is 5.31. The number of halogens is 2. The molecule has 0 spiro atoms. The van der Waals surface area contributed by atoms with Crippen LogP contribution in [0.25, 0.3) is 0 Å². The molecule has 6 N–H and O–H groups in total. The van der Waals surface area contributed by atoms with E-state index in [1.807, 2.05) is 0 Å². The molecule has 0 heterocycles. The summed E-state index contributed by atoms with van der Waals surface area (Å²) in [6.07, 6.45) is 0.410. The van der Waals surface area contributed by atoms with Gasteiger partial charge in [-0.25, -0.2) is 14.9 Å². The zero-order chi connectivity index (χ0) is 20.3. The van der Waals surface area contributed by atoms with Crippen molar-refractivity contribution in [3.63, 3.8) is 0 Å². The van der Waals surface area contributed by atoms with Crippen molar-refractivity contribution in [1.29, 1.82) is 0 Å². The molecule has 11 heteroatoms. The molecule has 0 saturated carbocycles. The zero-order valence-electron chi connectivity index (χ0n) is 14.7. The first kappa shape index (κ1) is 22.8. The van der Waals surface area contributed by atoms with Crippen LogP contribution in [-0.2, 0) is 36.4 Å². The number of carbonyl (C=O) groups excluding carboxylic acids is 2. The van der Waals surface area contributed by atoms with Crippen LogP contribution in [0.2, 0.25) is 5.02 Å². The second-order valence-electron chi connectivity index (χ2n) is 6.04. The van der Waals surface area contributed by atoms with E-state index in [4.69, 9.17) is 22.5 Å². The smallest absolute Gasteiger partial charge is 0.313 e. The fourth-order valence-corrected chi connectivity index (χ4v) is 3.07. The molecule has 0 aliphatic heterocycles. The molecule has 2 aromatic rings. The van der Waals surface area contributed by atoms with Crippen LogP contribution in [0.1, 0.15) is 17.2 Å². The maximum atomic E-state index is 13.5. The van der Waals surface area contributed by atoms with Crippen LogP contribution >= 0.6 is 11.6 Å². The van der Waals surface area contributed by atoms with Gasteiger partial charge in [0.05, 0.1) is 11.1 Å². The predicted octanol–water partition coefficient (Wildman–Crippen LogP) is 1.29. The number of nitrogens with two attached hydrogens (primary N) is 1. The number of carbonyl (C=O) groups is 2. The number of nitrogens with one attached hydrogen (secondary N) is 3. The molecule has 0 saturated heterocycles. The molecule has 8 nitrogen and oxygen atoms in total. The summed E-state index contributed by atoms with van der Waals surface area (Å²) >= 11 is 5.59. The summed E-state index contributed by atoms with van der Waals surface area (Å²) in [5.41, 5.74) is 8.88. The van der Waals surface area contributed by atoms with E-state index in [0.29, 0.717) is 6.42 Å². The van der Waals surface area contributed by atoms with Crippen molar-refractivity contribution in [2.75, 3.05) is 5.32 Å². The van der Waals surface area contributed by atoms with Gasteiger partial charge in [0.15, 0.2) is 0 Å². The van der Waals surface area contributed by atoms with Crippen molar-refractivity contribution in [3.05, 3.63) is 64.4 Å². The van der Waals surface area contributed by atoms with Crippen LogP contribution in [0.4, 0.5) is 10.1 Å². The molecule has 153 valence electrons. The maximum Gasteiger partial charge on any atom is 0.313 e. The molecule has 2 atom stereocenters. The van der Waals surface area contributed by atoms with Gasteiger partial charge in [0.25, 0.3) is 0 Å². The first-order valence-corrected chi connectivity index (χ1v) is 8.56. The van der Waals surface area contributed by atoms with E-state index in [9.17, 15) is 14.0 Å². The second kappa shape index (κ2) is 9.80. The molecule has 2 amide bonds. The number of aliphatic imine (C=N–C) groups is 1. The van der Waals surface area contributed by atoms with Gasteiger partial charge in [0.1, 0.15) is 5.82 Å². The molecular weight excluding hydrogens is 575 g/mol. The maximum absolute atomic E-state index is 13.5. The molecule has 1 aliphatic carbocycles. The number of nitrogens with zero attached hydrogens (tertiary/aromatic N) is 1. The minimum Gasteiger partial charge on any atom is -0.368 e. The average molecular weight is 591 g/mol. The Bertz CT molecular complexity index is 959. The quantitative estimate of drug-likeness (QED) is 0.121. The third-order valence-corrected chi connectivity index (χ3v) is 4.51. The van der Waals surface area contributed by atoms with Gasteiger partial charge in [-0.3, -0.25) is 14.8 Å². The topological polar surface area (TPSA) is 129 Å². The van der Waals surface area contributed by atoms with Gasteiger partial charge in [-0.2, -0.15) is 29.8 Å². The van der Waals surface area contributed by atoms with E-state index in [1.54, 1.807) is 23.7 Å². The van der Waals surface area contributed by atoms with E-state index >= 15 is 0 Å². The van der Waals surface area contributed by atoms with E-state index in [1.165, 1.54) is 12.1 Å². The van der Waals surface area contributed by atoms with Crippen LogP contribution in [0.15, 0.2) is 41.4 Å². The largest absolute Gasteiger partial charge is 0.368 e. The van der Waals surface area contributed by atoms with Crippen molar-refractivity contribution < 1.29 is 39.6 Å². The summed E-state index contributed by atoms with van der Waals surface area (Å²) in [4.78, 5) is 28.7. The van der Waals surface area contributed by atoms with Crippen molar-refractivity contribution in [3.8, 4) is 0 Å². The Morgan fingerprint density at radius 2 is 2.07 bits per heavy atom. The van der Waals surface area contributed by atoms with Gasteiger partial charge in [0.2, 0.25) is 5.96 Å². The van der Waals surface area contributed by atoms with Gasteiger partial charge in [-0.15, -0.1) is 5.56 Å².